The molecular formula is C15H22O3. The van der Waals surface area contributed by atoms with Crippen molar-refractivity contribution in [2.24, 2.45) is 0 Å². The fourth-order valence-electron chi connectivity index (χ4n) is 2.76. The molecule has 0 radical (unpaired) electrons. The Morgan fingerprint density at radius 1 is 1.33 bits per heavy atom. The van der Waals surface area contributed by atoms with Gasteiger partial charge in [0.1, 0.15) is 17.1 Å². The molecule has 1 aliphatic rings. The molecule has 18 heavy (non-hydrogen) atoms. The molecule has 1 unspecified atom stereocenters. The van der Waals surface area contributed by atoms with Crippen molar-refractivity contribution in [2.75, 3.05) is 0 Å². The van der Waals surface area contributed by atoms with Crippen molar-refractivity contribution in [1.82, 2.24) is 0 Å². The lowest BCUT2D eigenvalue weighted by atomic mass is 9.86. The minimum atomic E-state index is -0.560. The van der Waals surface area contributed by atoms with Crippen LogP contribution in [0, 0.1) is 0 Å². The number of fused-ring (bicyclic) bond motifs is 1. The molecule has 3 heteroatoms. The molecule has 0 bridgehead atoms. The number of ether oxygens (including phenoxy) is 1. The first kappa shape index (κ1) is 13.2. The highest BCUT2D eigenvalue weighted by molar-refractivity contribution is 5.55. The van der Waals surface area contributed by atoms with Crippen LogP contribution in [0.15, 0.2) is 6.07 Å². The number of rotatable bonds is 2. The minimum Gasteiger partial charge on any atom is -0.507 e. The van der Waals surface area contributed by atoms with Crippen LogP contribution < -0.4 is 4.74 Å². The van der Waals surface area contributed by atoms with Crippen LogP contribution in [0.5, 0.6) is 11.5 Å². The lowest BCUT2D eigenvalue weighted by molar-refractivity contribution is 0.0106. The van der Waals surface area contributed by atoms with Gasteiger partial charge in [0.15, 0.2) is 0 Å². The quantitative estimate of drug-likeness (QED) is 0.848. The smallest absolute Gasteiger partial charge is 0.126 e. The first-order valence-electron chi connectivity index (χ1n) is 6.64. The first-order valence-corrected chi connectivity index (χ1v) is 6.64. The molecule has 1 aromatic carbocycles. The maximum atomic E-state index is 10.3. The third kappa shape index (κ3) is 2.07. The average molecular weight is 250 g/mol. The van der Waals surface area contributed by atoms with E-state index in [-0.39, 0.29) is 5.60 Å². The third-order valence-corrected chi connectivity index (χ3v) is 3.62. The topological polar surface area (TPSA) is 49.7 Å². The molecule has 0 fully saturated rings. The number of aryl methyl sites for hydroxylation is 1. The van der Waals surface area contributed by atoms with E-state index >= 15 is 0 Å². The summed E-state index contributed by atoms with van der Waals surface area (Å²) in [4.78, 5) is 0. The van der Waals surface area contributed by atoms with Crippen molar-refractivity contribution >= 4 is 0 Å². The van der Waals surface area contributed by atoms with E-state index < -0.39 is 6.10 Å². The Morgan fingerprint density at radius 3 is 2.56 bits per heavy atom. The lowest BCUT2D eigenvalue weighted by Gasteiger charge is -2.37. The van der Waals surface area contributed by atoms with E-state index in [9.17, 15) is 10.2 Å². The highest BCUT2D eigenvalue weighted by Crippen LogP contribution is 2.45. The van der Waals surface area contributed by atoms with Gasteiger partial charge in [-0.15, -0.1) is 0 Å². The van der Waals surface area contributed by atoms with Gasteiger partial charge in [0.25, 0.3) is 0 Å². The number of benzene rings is 1. The molecule has 1 atom stereocenters. The molecule has 1 aliphatic heterocycles. The van der Waals surface area contributed by atoms with E-state index in [4.69, 9.17) is 4.74 Å². The standard InChI is InChI=1S/C15H22O3/c1-5-9-7-12-13(10(6-2)14(9)17)11(16)8-15(3,4)18-12/h7,11,16-17H,5-6,8H2,1-4H3. The first-order chi connectivity index (χ1) is 8.39. The zero-order valence-electron chi connectivity index (χ0n) is 11.6. The molecule has 3 nitrogen and oxygen atoms in total. The maximum absolute atomic E-state index is 10.3. The van der Waals surface area contributed by atoms with Gasteiger partial charge >= 0.3 is 0 Å². The Hall–Kier alpha value is -1.22. The van der Waals surface area contributed by atoms with Crippen LogP contribution in [-0.2, 0) is 12.8 Å². The van der Waals surface area contributed by atoms with Crippen molar-refractivity contribution in [3.63, 3.8) is 0 Å². The van der Waals surface area contributed by atoms with Gasteiger partial charge in [-0.05, 0) is 38.3 Å². The van der Waals surface area contributed by atoms with Gasteiger partial charge in [-0.3, -0.25) is 0 Å². The summed E-state index contributed by atoms with van der Waals surface area (Å²) in [5.41, 5.74) is 2.12. The summed E-state index contributed by atoms with van der Waals surface area (Å²) < 4.78 is 5.96. The fourth-order valence-corrected chi connectivity index (χ4v) is 2.76. The van der Waals surface area contributed by atoms with Gasteiger partial charge in [0.2, 0.25) is 0 Å². The molecule has 0 spiro atoms. The zero-order chi connectivity index (χ0) is 13.5. The Labute approximate surface area is 108 Å². The maximum Gasteiger partial charge on any atom is 0.126 e. The van der Waals surface area contributed by atoms with E-state index in [1.54, 1.807) is 0 Å². The number of phenols is 1. The molecule has 0 saturated heterocycles. The van der Waals surface area contributed by atoms with Crippen LogP contribution in [0.1, 0.15) is 56.9 Å². The molecule has 1 heterocycles. The molecule has 0 amide bonds. The average Bonchev–Trinajstić information content (AvgIpc) is 2.27. The van der Waals surface area contributed by atoms with E-state index in [1.165, 1.54) is 0 Å². The van der Waals surface area contributed by atoms with Gasteiger partial charge in [0.05, 0.1) is 6.10 Å². The minimum absolute atomic E-state index is 0.320. The van der Waals surface area contributed by atoms with Crippen molar-refractivity contribution in [3.8, 4) is 11.5 Å². The Bertz CT molecular complexity index is 463. The number of hydrogen-bond acceptors (Lipinski definition) is 3. The number of hydrogen-bond donors (Lipinski definition) is 2. The van der Waals surface area contributed by atoms with Crippen LogP contribution >= 0.6 is 0 Å². The van der Waals surface area contributed by atoms with Gasteiger partial charge in [0, 0.05) is 17.5 Å². The van der Waals surface area contributed by atoms with Crippen LogP contribution in [0.3, 0.4) is 0 Å². The summed E-state index contributed by atoms with van der Waals surface area (Å²) in [6.07, 6.45) is 1.45. The largest absolute Gasteiger partial charge is 0.507 e. The van der Waals surface area contributed by atoms with E-state index in [0.717, 1.165) is 28.9 Å². The van der Waals surface area contributed by atoms with Gasteiger partial charge < -0.3 is 14.9 Å². The monoisotopic (exact) mass is 250 g/mol. The number of aliphatic hydroxyl groups is 1. The molecule has 2 N–H and O–H groups in total. The number of phenolic OH excluding ortho intramolecular Hbond substituents is 1. The predicted molar refractivity (Wildman–Crippen MR) is 71.1 cm³/mol. The van der Waals surface area contributed by atoms with E-state index in [0.29, 0.717) is 18.6 Å². The van der Waals surface area contributed by atoms with Gasteiger partial charge in [-0.2, -0.15) is 0 Å². The third-order valence-electron chi connectivity index (χ3n) is 3.62. The molecular weight excluding hydrogens is 228 g/mol. The summed E-state index contributed by atoms with van der Waals surface area (Å²) in [6.45, 7) is 7.94. The van der Waals surface area contributed by atoms with Crippen molar-refractivity contribution < 1.29 is 14.9 Å². The molecule has 2 rings (SSSR count). The van der Waals surface area contributed by atoms with Crippen molar-refractivity contribution in [1.29, 1.82) is 0 Å². The highest BCUT2D eigenvalue weighted by Gasteiger charge is 2.35. The summed E-state index contributed by atoms with van der Waals surface area (Å²) >= 11 is 0. The predicted octanol–water partition coefficient (Wildman–Crippen LogP) is 3.11. The molecule has 1 aromatic rings. The number of aliphatic hydroxyl groups excluding tert-OH is 1. The molecule has 100 valence electrons. The summed E-state index contributed by atoms with van der Waals surface area (Å²) in [5.74, 6) is 1.05. The van der Waals surface area contributed by atoms with Crippen LogP contribution in [0.4, 0.5) is 0 Å². The highest BCUT2D eigenvalue weighted by atomic mass is 16.5. The molecule has 0 aromatic heterocycles. The van der Waals surface area contributed by atoms with E-state index in [1.807, 2.05) is 33.8 Å². The Balaban J connectivity index is 2.64. The van der Waals surface area contributed by atoms with Crippen molar-refractivity contribution in [3.05, 3.63) is 22.8 Å². The Kier molecular flexibility index (Phi) is 3.28. The second kappa shape index (κ2) is 4.47. The summed E-state index contributed by atoms with van der Waals surface area (Å²) in [6, 6.07) is 1.87. The van der Waals surface area contributed by atoms with Gasteiger partial charge in [-0.1, -0.05) is 13.8 Å². The Morgan fingerprint density at radius 2 is 2.00 bits per heavy atom. The normalized spacial score (nSPS) is 21.3. The van der Waals surface area contributed by atoms with E-state index in [2.05, 4.69) is 0 Å². The van der Waals surface area contributed by atoms with Crippen LogP contribution in [0.2, 0.25) is 0 Å². The fraction of sp³-hybridized carbons (Fsp3) is 0.600. The zero-order valence-corrected chi connectivity index (χ0v) is 11.6. The van der Waals surface area contributed by atoms with Gasteiger partial charge in [-0.25, -0.2) is 0 Å². The van der Waals surface area contributed by atoms with Crippen molar-refractivity contribution in [2.45, 2.75) is 58.7 Å². The van der Waals surface area contributed by atoms with Crippen LogP contribution in [0.25, 0.3) is 0 Å². The second-order valence-corrected chi connectivity index (χ2v) is 5.56. The molecule has 0 aliphatic carbocycles. The molecule has 0 saturated carbocycles. The number of aromatic hydroxyl groups is 1. The SMILES string of the molecule is CCc1cc2c(c(CC)c1O)C(O)CC(C)(C)O2. The lowest BCUT2D eigenvalue weighted by Crippen LogP contribution is -2.35. The summed E-state index contributed by atoms with van der Waals surface area (Å²) in [5, 5.41) is 20.5. The van der Waals surface area contributed by atoms with Crippen LogP contribution in [-0.4, -0.2) is 15.8 Å². The second-order valence-electron chi connectivity index (χ2n) is 5.56. The summed E-state index contributed by atoms with van der Waals surface area (Å²) in [7, 11) is 0.